The van der Waals surface area contributed by atoms with Gasteiger partial charge in [0.1, 0.15) is 5.69 Å². The third-order valence-electron chi connectivity index (χ3n) is 4.20. The van der Waals surface area contributed by atoms with E-state index in [1.165, 1.54) is 19.3 Å². The van der Waals surface area contributed by atoms with Gasteiger partial charge in [-0.3, -0.25) is 9.48 Å². The van der Waals surface area contributed by atoms with Crippen LogP contribution in [-0.2, 0) is 6.54 Å². The van der Waals surface area contributed by atoms with E-state index in [2.05, 4.69) is 10.4 Å². The molecule has 0 saturated heterocycles. The molecule has 4 nitrogen and oxygen atoms in total. The fourth-order valence-corrected chi connectivity index (χ4v) is 3.26. The summed E-state index contributed by atoms with van der Waals surface area (Å²) in [4.78, 5) is 12.6. The highest BCUT2D eigenvalue weighted by molar-refractivity contribution is 6.33. The molecular weight excluding hydrogens is 262 g/mol. The Morgan fingerprint density at radius 2 is 2.16 bits per heavy atom. The Balaban J connectivity index is 2.17. The van der Waals surface area contributed by atoms with Crippen LogP contribution in [0.1, 0.15) is 55.9 Å². The van der Waals surface area contributed by atoms with Crippen molar-refractivity contribution in [3.05, 3.63) is 16.9 Å². The summed E-state index contributed by atoms with van der Waals surface area (Å²) < 4.78 is 1.69. The van der Waals surface area contributed by atoms with Crippen LogP contribution >= 0.6 is 11.6 Å². The van der Waals surface area contributed by atoms with E-state index in [9.17, 15) is 4.79 Å². The second kappa shape index (κ2) is 6.06. The summed E-state index contributed by atoms with van der Waals surface area (Å²) in [6.07, 6.45) is 7.84. The van der Waals surface area contributed by atoms with Crippen molar-refractivity contribution >= 4 is 17.4 Å². The van der Waals surface area contributed by atoms with Gasteiger partial charge < -0.3 is 5.32 Å². The van der Waals surface area contributed by atoms with E-state index in [0.717, 1.165) is 12.8 Å². The SMILES string of the molecule is CCn1ncc(Cl)c1C(=O)CC1(NC)CCCCC1. The summed E-state index contributed by atoms with van der Waals surface area (Å²) in [6.45, 7) is 2.63. The monoisotopic (exact) mass is 283 g/mol. The Labute approximate surface area is 119 Å². The third-order valence-corrected chi connectivity index (χ3v) is 4.47. The Morgan fingerprint density at radius 1 is 1.47 bits per heavy atom. The van der Waals surface area contributed by atoms with E-state index in [0.29, 0.717) is 23.7 Å². The Bertz CT molecular complexity index is 450. The van der Waals surface area contributed by atoms with Gasteiger partial charge in [0.2, 0.25) is 0 Å². The first-order valence-electron chi connectivity index (χ1n) is 7.05. The van der Waals surface area contributed by atoms with Gasteiger partial charge in [0, 0.05) is 18.5 Å². The number of hydrogen-bond acceptors (Lipinski definition) is 3. The number of aromatic nitrogens is 2. The second-order valence-corrected chi connectivity index (χ2v) is 5.76. The molecule has 2 rings (SSSR count). The Morgan fingerprint density at radius 3 is 2.74 bits per heavy atom. The van der Waals surface area contributed by atoms with E-state index in [1.807, 2.05) is 14.0 Å². The molecule has 0 radical (unpaired) electrons. The van der Waals surface area contributed by atoms with E-state index in [1.54, 1.807) is 10.9 Å². The molecule has 0 bridgehead atoms. The highest BCUT2D eigenvalue weighted by Crippen LogP contribution is 2.32. The first-order valence-corrected chi connectivity index (χ1v) is 7.43. The Kier molecular flexibility index (Phi) is 4.63. The van der Waals surface area contributed by atoms with Crippen molar-refractivity contribution in [2.24, 2.45) is 0 Å². The highest BCUT2D eigenvalue weighted by Gasteiger charge is 2.34. The van der Waals surface area contributed by atoms with Gasteiger partial charge in [-0.2, -0.15) is 5.10 Å². The minimum absolute atomic E-state index is 0.0541. The van der Waals surface area contributed by atoms with Gasteiger partial charge in [-0.25, -0.2) is 0 Å². The van der Waals surface area contributed by atoms with Crippen molar-refractivity contribution in [2.45, 2.75) is 57.5 Å². The molecule has 0 amide bonds. The molecule has 0 unspecified atom stereocenters. The summed E-state index contributed by atoms with van der Waals surface area (Å²) >= 11 is 6.10. The number of ketones is 1. The largest absolute Gasteiger partial charge is 0.314 e. The number of aryl methyl sites for hydroxylation is 1. The van der Waals surface area contributed by atoms with Crippen molar-refractivity contribution in [3.63, 3.8) is 0 Å². The van der Waals surface area contributed by atoms with Gasteiger partial charge >= 0.3 is 0 Å². The maximum atomic E-state index is 12.6. The van der Waals surface area contributed by atoms with Crippen molar-refractivity contribution < 1.29 is 4.79 Å². The van der Waals surface area contributed by atoms with Crippen molar-refractivity contribution in [3.8, 4) is 0 Å². The number of carbonyl (C=O) groups excluding carboxylic acids is 1. The van der Waals surface area contributed by atoms with Crippen molar-refractivity contribution in [2.75, 3.05) is 7.05 Å². The standard InChI is InChI=1S/C14H22ClN3O/c1-3-18-13(11(15)10-17-18)12(19)9-14(16-2)7-5-4-6-8-14/h10,16H,3-9H2,1-2H3. The van der Waals surface area contributed by atoms with Crippen LogP contribution in [0, 0.1) is 0 Å². The maximum Gasteiger partial charge on any atom is 0.184 e. The van der Waals surface area contributed by atoms with Crippen molar-refractivity contribution in [1.29, 1.82) is 0 Å². The van der Waals surface area contributed by atoms with Gasteiger partial charge in [-0.15, -0.1) is 0 Å². The molecule has 0 atom stereocenters. The van der Waals surface area contributed by atoms with Crippen LogP contribution in [0.2, 0.25) is 5.02 Å². The average molecular weight is 284 g/mol. The lowest BCUT2D eigenvalue weighted by Crippen LogP contribution is -2.46. The molecule has 1 saturated carbocycles. The molecular formula is C14H22ClN3O. The molecule has 1 aliphatic carbocycles. The molecule has 1 N–H and O–H groups in total. The van der Waals surface area contributed by atoms with Crippen LogP contribution in [0.15, 0.2) is 6.20 Å². The molecule has 1 fully saturated rings. The zero-order chi connectivity index (χ0) is 13.9. The fraction of sp³-hybridized carbons (Fsp3) is 0.714. The lowest BCUT2D eigenvalue weighted by molar-refractivity contribution is 0.0904. The van der Waals surface area contributed by atoms with Gasteiger partial charge in [-0.05, 0) is 26.8 Å². The number of hydrogen-bond donors (Lipinski definition) is 1. The first-order chi connectivity index (χ1) is 9.12. The highest BCUT2D eigenvalue weighted by atomic mass is 35.5. The smallest absolute Gasteiger partial charge is 0.184 e. The van der Waals surface area contributed by atoms with E-state index < -0.39 is 0 Å². The average Bonchev–Trinajstić information content (AvgIpc) is 2.81. The fourth-order valence-electron chi connectivity index (χ4n) is 3.01. The number of nitrogens with one attached hydrogen (secondary N) is 1. The van der Waals surface area contributed by atoms with Crippen molar-refractivity contribution in [1.82, 2.24) is 15.1 Å². The molecule has 0 aromatic carbocycles. The number of rotatable bonds is 5. The van der Waals surface area contributed by atoms with Gasteiger partial charge in [-0.1, -0.05) is 30.9 Å². The Hall–Kier alpha value is -0.870. The molecule has 19 heavy (non-hydrogen) atoms. The summed E-state index contributed by atoms with van der Waals surface area (Å²) in [5, 5.41) is 7.98. The number of Topliss-reactive ketones (excluding diaryl/α,β-unsaturated/α-hetero) is 1. The second-order valence-electron chi connectivity index (χ2n) is 5.35. The quantitative estimate of drug-likeness (QED) is 0.845. The van der Waals surface area contributed by atoms with Crippen LogP contribution in [0.3, 0.4) is 0 Å². The minimum Gasteiger partial charge on any atom is -0.314 e. The zero-order valence-corrected chi connectivity index (χ0v) is 12.5. The van der Waals surface area contributed by atoms with Crippen LogP contribution in [-0.4, -0.2) is 28.2 Å². The normalized spacial score (nSPS) is 18.5. The summed E-state index contributed by atoms with van der Waals surface area (Å²) in [5.41, 5.74) is 0.506. The molecule has 0 aliphatic heterocycles. The zero-order valence-electron chi connectivity index (χ0n) is 11.7. The maximum absolute atomic E-state index is 12.6. The third kappa shape index (κ3) is 3.00. The van der Waals surface area contributed by atoms with E-state index in [4.69, 9.17) is 11.6 Å². The summed E-state index contributed by atoms with van der Waals surface area (Å²) in [6, 6.07) is 0. The van der Waals surface area contributed by atoms with E-state index in [-0.39, 0.29) is 11.3 Å². The topological polar surface area (TPSA) is 46.9 Å². The van der Waals surface area contributed by atoms with Crippen LogP contribution in [0.5, 0.6) is 0 Å². The lowest BCUT2D eigenvalue weighted by atomic mass is 9.78. The summed E-state index contributed by atoms with van der Waals surface area (Å²) in [5.74, 6) is 0.0978. The molecule has 1 aromatic rings. The number of carbonyl (C=O) groups is 1. The number of halogens is 1. The molecule has 0 spiro atoms. The molecule has 1 aliphatic rings. The van der Waals surface area contributed by atoms with Gasteiger partial charge in [0.15, 0.2) is 5.78 Å². The van der Waals surface area contributed by atoms with Crippen LogP contribution in [0.4, 0.5) is 0 Å². The predicted molar refractivity (Wildman–Crippen MR) is 76.7 cm³/mol. The predicted octanol–water partition coefficient (Wildman–Crippen LogP) is 3.05. The molecule has 106 valence electrons. The van der Waals surface area contributed by atoms with Gasteiger partial charge in [0.05, 0.1) is 11.2 Å². The lowest BCUT2D eigenvalue weighted by Gasteiger charge is -2.36. The van der Waals surface area contributed by atoms with Crippen LogP contribution < -0.4 is 5.32 Å². The van der Waals surface area contributed by atoms with E-state index >= 15 is 0 Å². The van der Waals surface area contributed by atoms with Crippen LogP contribution in [0.25, 0.3) is 0 Å². The molecule has 1 heterocycles. The first kappa shape index (κ1) is 14.5. The molecule has 5 heteroatoms. The number of nitrogens with zero attached hydrogens (tertiary/aromatic N) is 2. The van der Waals surface area contributed by atoms with Gasteiger partial charge in [0.25, 0.3) is 0 Å². The minimum atomic E-state index is -0.0541. The molecule has 1 aromatic heterocycles. The summed E-state index contributed by atoms with van der Waals surface area (Å²) in [7, 11) is 1.96.